The quantitative estimate of drug-likeness (QED) is 0.275. The summed E-state index contributed by atoms with van der Waals surface area (Å²) in [5, 5.41) is 11.4. The van der Waals surface area contributed by atoms with Crippen LogP contribution in [0.4, 0.5) is 5.69 Å². The zero-order valence-corrected chi connectivity index (χ0v) is 21.0. The molecule has 1 heterocycles. The number of benzene rings is 3. The van der Waals surface area contributed by atoms with Gasteiger partial charge in [-0.1, -0.05) is 24.3 Å². The number of hydrogen-bond acceptors (Lipinski definition) is 6. The summed E-state index contributed by atoms with van der Waals surface area (Å²) in [6.45, 7) is 6.21. The minimum atomic E-state index is -0.900. The molecule has 3 aromatic rings. The molecule has 0 radical (unpaired) electrons. The third-order valence-corrected chi connectivity index (χ3v) is 6.35. The lowest BCUT2D eigenvalue weighted by Gasteiger charge is -2.26. The minimum Gasteiger partial charge on any atom is -0.507 e. The van der Waals surface area contributed by atoms with E-state index in [-0.39, 0.29) is 11.3 Å². The van der Waals surface area contributed by atoms with E-state index in [1.165, 1.54) is 19.1 Å². The molecule has 3 aromatic carbocycles. The van der Waals surface area contributed by atoms with Crippen LogP contribution in [0.2, 0.25) is 0 Å². The maximum absolute atomic E-state index is 13.4. The summed E-state index contributed by atoms with van der Waals surface area (Å²) in [6, 6.07) is 16.7. The Labute approximate surface area is 210 Å². The summed E-state index contributed by atoms with van der Waals surface area (Å²) < 4.78 is 16.5. The monoisotopic (exact) mass is 487 g/mol. The summed E-state index contributed by atoms with van der Waals surface area (Å²) in [5.41, 5.74) is 3.53. The normalized spacial score (nSPS) is 16.8. The SMILES string of the molecule is CCOc1cccc(N2C(=O)C(=O)/C(=C(\O)c3ccc(C)c(C)c3)C2c2ccc(OC)c(OC)c2)c1. The number of aliphatic hydroxyl groups excluding tert-OH is 1. The zero-order valence-electron chi connectivity index (χ0n) is 21.0. The number of anilines is 1. The molecule has 7 nitrogen and oxygen atoms in total. The van der Waals surface area contributed by atoms with E-state index in [9.17, 15) is 14.7 Å². The van der Waals surface area contributed by atoms with Crippen molar-refractivity contribution < 1.29 is 28.9 Å². The Morgan fingerprint density at radius 3 is 2.33 bits per heavy atom. The van der Waals surface area contributed by atoms with Crippen LogP contribution in [0, 0.1) is 13.8 Å². The summed E-state index contributed by atoms with van der Waals surface area (Å²) in [5.74, 6) is -0.237. The third-order valence-electron chi connectivity index (χ3n) is 6.35. The fourth-order valence-electron chi connectivity index (χ4n) is 4.37. The highest BCUT2D eigenvalue weighted by molar-refractivity contribution is 6.51. The van der Waals surface area contributed by atoms with Gasteiger partial charge in [0, 0.05) is 17.3 Å². The Morgan fingerprint density at radius 1 is 0.917 bits per heavy atom. The van der Waals surface area contributed by atoms with Crippen molar-refractivity contribution in [2.45, 2.75) is 26.8 Å². The number of nitrogens with zero attached hydrogens (tertiary/aromatic N) is 1. The first-order valence-corrected chi connectivity index (χ1v) is 11.6. The van der Waals surface area contributed by atoms with Crippen molar-refractivity contribution in [3.63, 3.8) is 0 Å². The Balaban J connectivity index is 1.96. The maximum Gasteiger partial charge on any atom is 0.300 e. The van der Waals surface area contributed by atoms with Gasteiger partial charge in [-0.2, -0.15) is 0 Å². The van der Waals surface area contributed by atoms with Crippen LogP contribution in [0.25, 0.3) is 5.76 Å². The first-order chi connectivity index (χ1) is 17.3. The molecular formula is C29H29NO6. The fourth-order valence-corrected chi connectivity index (χ4v) is 4.37. The standard InChI is InChI=1S/C29H29NO6/c1-6-36-22-9-7-8-21(16-22)30-26(19-12-13-23(34-4)24(15-19)35-5)25(28(32)29(30)33)27(31)20-11-10-17(2)18(3)14-20/h7-16,26,31H,6H2,1-5H3/b27-25-. The predicted molar refractivity (Wildman–Crippen MR) is 138 cm³/mol. The maximum atomic E-state index is 13.4. The van der Waals surface area contributed by atoms with Crippen molar-refractivity contribution in [1.29, 1.82) is 0 Å². The number of aryl methyl sites for hydroxylation is 2. The second kappa shape index (κ2) is 10.2. The molecule has 0 aromatic heterocycles. The molecule has 1 saturated heterocycles. The second-order valence-corrected chi connectivity index (χ2v) is 8.51. The van der Waals surface area contributed by atoms with Crippen molar-refractivity contribution >= 4 is 23.1 Å². The van der Waals surface area contributed by atoms with Gasteiger partial charge in [0.05, 0.1) is 32.4 Å². The highest BCUT2D eigenvalue weighted by Crippen LogP contribution is 2.44. The van der Waals surface area contributed by atoms with E-state index >= 15 is 0 Å². The number of carbonyl (C=O) groups excluding carboxylic acids is 2. The highest BCUT2D eigenvalue weighted by atomic mass is 16.5. The average Bonchev–Trinajstić information content (AvgIpc) is 3.15. The number of aliphatic hydroxyl groups is 1. The van der Waals surface area contributed by atoms with Crippen LogP contribution < -0.4 is 19.1 Å². The Hall–Kier alpha value is -4.26. The second-order valence-electron chi connectivity index (χ2n) is 8.51. The highest BCUT2D eigenvalue weighted by Gasteiger charge is 2.47. The van der Waals surface area contributed by atoms with Gasteiger partial charge in [-0.25, -0.2) is 0 Å². The third kappa shape index (κ3) is 4.40. The molecule has 186 valence electrons. The van der Waals surface area contributed by atoms with Gasteiger partial charge in [-0.3, -0.25) is 14.5 Å². The van der Waals surface area contributed by atoms with Gasteiger partial charge < -0.3 is 19.3 Å². The molecule has 1 amide bonds. The lowest BCUT2D eigenvalue weighted by atomic mass is 9.94. The summed E-state index contributed by atoms with van der Waals surface area (Å²) in [7, 11) is 3.04. The van der Waals surface area contributed by atoms with Crippen LogP contribution in [0.5, 0.6) is 17.2 Å². The minimum absolute atomic E-state index is 0.00251. The molecule has 0 aliphatic carbocycles. The van der Waals surface area contributed by atoms with Crippen LogP contribution in [0.15, 0.2) is 66.2 Å². The van der Waals surface area contributed by atoms with E-state index in [2.05, 4.69) is 0 Å². The number of ketones is 1. The summed E-state index contributed by atoms with van der Waals surface area (Å²) in [4.78, 5) is 28.3. The van der Waals surface area contributed by atoms with E-state index in [1.807, 2.05) is 26.8 Å². The molecular weight excluding hydrogens is 458 g/mol. The summed E-state index contributed by atoms with van der Waals surface area (Å²) in [6.07, 6.45) is 0. The number of rotatable bonds is 7. The largest absolute Gasteiger partial charge is 0.507 e. The molecule has 0 saturated carbocycles. The van der Waals surface area contributed by atoms with Crippen molar-refractivity contribution in [1.82, 2.24) is 0 Å². The van der Waals surface area contributed by atoms with Gasteiger partial charge in [0.15, 0.2) is 11.5 Å². The van der Waals surface area contributed by atoms with E-state index in [1.54, 1.807) is 54.6 Å². The smallest absolute Gasteiger partial charge is 0.300 e. The lowest BCUT2D eigenvalue weighted by Crippen LogP contribution is -2.29. The number of hydrogen-bond donors (Lipinski definition) is 1. The van der Waals surface area contributed by atoms with Gasteiger partial charge in [-0.05, 0) is 67.8 Å². The molecule has 7 heteroatoms. The molecule has 1 aliphatic rings. The van der Waals surface area contributed by atoms with E-state index < -0.39 is 17.7 Å². The molecule has 1 atom stereocenters. The molecule has 0 bridgehead atoms. The van der Waals surface area contributed by atoms with Gasteiger partial charge in [-0.15, -0.1) is 0 Å². The number of ether oxygens (including phenoxy) is 3. The molecule has 4 rings (SSSR count). The Bertz CT molecular complexity index is 1360. The number of carbonyl (C=O) groups is 2. The Morgan fingerprint density at radius 2 is 1.67 bits per heavy atom. The predicted octanol–water partition coefficient (Wildman–Crippen LogP) is 5.35. The van der Waals surface area contributed by atoms with E-state index in [0.29, 0.717) is 40.7 Å². The number of methoxy groups -OCH3 is 2. The lowest BCUT2D eigenvalue weighted by molar-refractivity contribution is -0.132. The van der Waals surface area contributed by atoms with E-state index in [4.69, 9.17) is 14.2 Å². The van der Waals surface area contributed by atoms with Crippen LogP contribution in [0.1, 0.15) is 35.2 Å². The van der Waals surface area contributed by atoms with Gasteiger partial charge >= 0.3 is 0 Å². The molecule has 1 N–H and O–H groups in total. The van der Waals surface area contributed by atoms with Crippen LogP contribution >= 0.6 is 0 Å². The van der Waals surface area contributed by atoms with Crippen molar-refractivity contribution in [3.8, 4) is 17.2 Å². The molecule has 0 spiro atoms. The summed E-state index contributed by atoms with van der Waals surface area (Å²) >= 11 is 0. The van der Waals surface area contributed by atoms with Crippen LogP contribution in [0.3, 0.4) is 0 Å². The number of Topliss-reactive ketones (excluding diaryl/α,β-unsaturated/α-hetero) is 1. The van der Waals surface area contributed by atoms with Crippen LogP contribution in [-0.2, 0) is 9.59 Å². The number of amides is 1. The topological polar surface area (TPSA) is 85.3 Å². The van der Waals surface area contributed by atoms with Crippen LogP contribution in [-0.4, -0.2) is 37.6 Å². The van der Waals surface area contributed by atoms with Crippen molar-refractivity contribution in [3.05, 3.63) is 88.5 Å². The average molecular weight is 488 g/mol. The fraction of sp³-hybridized carbons (Fsp3) is 0.241. The first kappa shape index (κ1) is 24.9. The van der Waals surface area contributed by atoms with Crippen molar-refractivity contribution in [2.75, 3.05) is 25.7 Å². The van der Waals surface area contributed by atoms with Crippen molar-refractivity contribution in [2.24, 2.45) is 0 Å². The zero-order chi connectivity index (χ0) is 26.0. The molecule has 1 aliphatic heterocycles. The van der Waals surface area contributed by atoms with Gasteiger partial charge in [0.1, 0.15) is 11.5 Å². The Kier molecular flexibility index (Phi) is 7.01. The van der Waals surface area contributed by atoms with Gasteiger partial charge in [0.25, 0.3) is 11.7 Å². The first-order valence-electron chi connectivity index (χ1n) is 11.6. The molecule has 36 heavy (non-hydrogen) atoms. The molecule has 1 fully saturated rings. The van der Waals surface area contributed by atoms with E-state index in [0.717, 1.165) is 11.1 Å². The van der Waals surface area contributed by atoms with Gasteiger partial charge in [0.2, 0.25) is 0 Å². The molecule has 1 unspecified atom stereocenters.